The standard InChI is InChI=1S/C13H10F2N2OS/c14-9-3-4-10(15)12-8(9)2-1-5-17(12)13(18)11-6-19-7-16-11/h3-4,6-7H,1-2,5H2. The first-order valence-electron chi connectivity index (χ1n) is 5.85. The fourth-order valence-electron chi connectivity index (χ4n) is 2.30. The molecule has 0 fully saturated rings. The maximum atomic E-state index is 13.9. The molecule has 3 nitrogen and oxygen atoms in total. The Hall–Kier alpha value is -1.82. The van der Waals surface area contributed by atoms with E-state index in [1.54, 1.807) is 10.9 Å². The van der Waals surface area contributed by atoms with Crippen molar-refractivity contribution in [3.05, 3.63) is 45.9 Å². The van der Waals surface area contributed by atoms with Gasteiger partial charge in [0.15, 0.2) is 0 Å². The van der Waals surface area contributed by atoms with Gasteiger partial charge in [-0.25, -0.2) is 13.8 Å². The van der Waals surface area contributed by atoms with E-state index in [4.69, 9.17) is 0 Å². The summed E-state index contributed by atoms with van der Waals surface area (Å²) >= 11 is 1.29. The van der Waals surface area contributed by atoms with E-state index in [1.807, 2.05) is 0 Å². The number of aromatic nitrogens is 1. The average molecular weight is 280 g/mol. The third-order valence-corrected chi connectivity index (χ3v) is 3.74. The summed E-state index contributed by atoms with van der Waals surface area (Å²) in [4.78, 5) is 17.5. The van der Waals surface area contributed by atoms with Crippen LogP contribution < -0.4 is 4.90 Å². The minimum Gasteiger partial charge on any atom is -0.304 e. The Morgan fingerprint density at radius 2 is 2.11 bits per heavy atom. The Labute approximate surface area is 112 Å². The van der Waals surface area contributed by atoms with Crippen molar-refractivity contribution >= 4 is 22.9 Å². The quantitative estimate of drug-likeness (QED) is 0.804. The maximum absolute atomic E-state index is 13.9. The predicted molar refractivity (Wildman–Crippen MR) is 68.5 cm³/mol. The van der Waals surface area contributed by atoms with Gasteiger partial charge in [0.05, 0.1) is 11.2 Å². The second kappa shape index (κ2) is 4.70. The van der Waals surface area contributed by atoms with E-state index < -0.39 is 11.6 Å². The molecule has 0 aliphatic carbocycles. The minimum absolute atomic E-state index is 0.0595. The summed E-state index contributed by atoms with van der Waals surface area (Å²) < 4.78 is 27.6. The summed E-state index contributed by atoms with van der Waals surface area (Å²) in [5.74, 6) is -1.42. The van der Waals surface area contributed by atoms with Crippen molar-refractivity contribution in [2.24, 2.45) is 0 Å². The van der Waals surface area contributed by atoms with Crippen LogP contribution in [0.4, 0.5) is 14.5 Å². The van der Waals surface area contributed by atoms with Crippen LogP contribution in [0.3, 0.4) is 0 Å². The lowest BCUT2D eigenvalue weighted by molar-refractivity contribution is 0.0980. The number of anilines is 1. The molecular weight excluding hydrogens is 270 g/mol. The predicted octanol–water partition coefficient (Wildman–Crippen LogP) is 3.01. The lowest BCUT2D eigenvalue weighted by atomic mass is 10.0. The molecular formula is C13H10F2N2OS. The number of amides is 1. The first kappa shape index (κ1) is 12.2. The van der Waals surface area contributed by atoms with Gasteiger partial charge in [-0.05, 0) is 25.0 Å². The maximum Gasteiger partial charge on any atom is 0.277 e. The van der Waals surface area contributed by atoms with Crippen LogP contribution >= 0.6 is 11.3 Å². The molecule has 3 rings (SSSR count). The Morgan fingerprint density at radius 1 is 1.32 bits per heavy atom. The van der Waals surface area contributed by atoms with Crippen LogP contribution in [0.5, 0.6) is 0 Å². The highest BCUT2D eigenvalue weighted by Crippen LogP contribution is 2.32. The normalized spacial score (nSPS) is 14.3. The van der Waals surface area contributed by atoms with Crippen LogP contribution in [-0.4, -0.2) is 17.4 Å². The summed E-state index contributed by atoms with van der Waals surface area (Å²) in [5.41, 5.74) is 2.14. The Kier molecular flexibility index (Phi) is 3.02. The second-order valence-corrected chi connectivity index (χ2v) is 5.01. The number of hydrogen-bond acceptors (Lipinski definition) is 3. The highest BCUT2D eigenvalue weighted by Gasteiger charge is 2.29. The zero-order valence-electron chi connectivity index (χ0n) is 9.90. The molecule has 2 aromatic rings. The number of fused-ring (bicyclic) bond motifs is 1. The van der Waals surface area contributed by atoms with Crippen LogP contribution in [0.25, 0.3) is 0 Å². The van der Waals surface area contributed by atoms with Crippen molar-refractivity contribution in [2.75, 3.05) is 11.4 Å². The second-order valence-electron chi connectivity index (χ2n) is 4.29. The summed E-state index contributed by atoms with van der Waals surface area (Å²) in [6, 6.07) is 2.16. The van der Waals surface area contributed by atoms with E-state index >= 15 is 0 Å². The largest absolute Gasteiger partial charge is 0.304 e. The summed E-state index contributed by atoms with van der Waals surface area (Å²) in [7, 11) is 0. The Balaban J connectivity index is 2.08. The molecule has 0 saturated heterocycles. The zero-order valence-corrected chi connectivity index (χ0v) is 10.7. The number of carbonyl (C=O) groups is 1. The molecule has 19 heavy (non-hydrogen) atoms. The number of carbonyl (C=O) groups excluding carboxylic acids is 1. The highest BCUT2D eigenvalue weighted by molar-refractivity contribution is 7.07. The van der Waals surface area contributed by atoms with Crippen LogP contribution in [0.1, 0.15) is 22.5 Å². The molecule has 0 radical (unpaired) electrons. The number of thiazole rings is 1. The minimum atomic E-state index is -0.570. The van der Waals surface area contributed by atoms with Gasteiger partial charge in [-0.1, -0.05) is 0 Å². The monoisotopic (exact) mass is 280 g/mol. The zero-order chi connectivity index (χ0) is 13.4. The van der Waals surface area contributed by atoms with Gasteiger partial charge in [-0.2, -0.15) is 0 Å². The fourth-order valence-corrected chi connectivity index (χ4v) is 2.82. The van der Waals surface area contributed by atoms with E-state index in [1.165, 1.54) is 16.2 Å². The molecule has 2 heterocycles. The van der Waals surface area contributed by atoms with E-state index in [0.717, 1.165) is 12.1 Å². The van der Waals surface area contributed by atoms with Gasteiger partial charge < -0.3 is 4.90 Å². The van der Waals surface area contributed by atoms with Gasteiger partial charge in [0.1, 0.15) is 17.3 Å². The van der Waals surface area contributed by atoms with E-state index in [0.29, 0.717) is 19.4 Å². The molecule has 0 bridgehead atoms. The highest BCUT2D eigenvalue weighted by atomic mass is 32.1. The Bertz CT molecular complexity index is 628. The summed E-state index contributed by atoms with van der Waals surface area (Å²) in [5, 5.41) is 1.60. The van der Waals surface area contributed by atoms with Crippen molar-refractivity contribution in [2.45, 2.75) is 12.8 Å². The smallest absolute Gasteiger partial charge is 0.277 e. The molecule has 0 unspecified atom stereocenters. The molecule has 1 aromatic heterocycles. The fraction of sp³-hybridized carbons (Fsp3) is 0.231. The topological polar surface area (TPSA) is 33.2 Å². The van der Waals surface area contributed by atoms with Crippen molar-refractivity contribution in [3.8, 4) is 0 Å². The molecule has 0 spiro atoms. The van der Waals surface area contributed by atoms with Crippen molar-refractivity contribution in [1.29, 1.82) is 0 Å². The van der Waals surface area contributed by atoms with Gasteiger partial charge >= 0.3 is 0 Å². The molecule has 1 aromatic carbocycles. The van der Waals surface area contributed by atoms with Gasteiger partial charge in [0.25, 0.3) is 5.91 Å². The molecule has 1 amide bonds. The van der Waals surface area contributed by atoms with Gasteiger partial charge in [-0.15, -0.1) is 11.3 Å². The lowest BCUT2D eigenvalue weighted by Crippen LogP contribution is -2.36. The Morgan fingerprint density at radius 3 is 2.84 bits per heavy atom. The molecule has 6 heteroatoms. The summed E-state index contributed by atoms with van der Waals surface area (Å²) in [6.45, 7) is 0.379. The molecule has 0 saturated carbocycles. The SMILES string of the molecule is O=C(c1cscn1)N1CCCc2c(F)ccc(F)c21. The average Bonchev–Trinajstić information content (AvgIpc) is 2.96. The van der Waals surface area contributed by atoms with E-state index in [-0.39, 0.29) is 22.9 Å². The lowest BCUT2D eigenvalue weighted by Gasteiger charge is -2.29. The van der Waals surface area contributed by atoms with Crippen LogP contribution in [0.2, 0.25) is 0 Å². The van der Waals surface area contributed by atoms with E-state index in [9.17, 15) is 13.6 Å². The number of nitrogens with zero attached hydrogens (tertiary/aromatic N) is 2. The number of halogens is 2. The molecule has 1 aliphatic rings. The van der Waals surface area contributed by atoms with Crippen LogP contribution in [0, 0.1) is 11.6 Å². The van der Waals surface area contributed by atoms with Gasteiger partial charge in [0, 0.05) is 17.5 Å². The summed E-state index contributed by atoms with van der Waals surface area (Å²) in [6.07, 6.45) is 1.06. The first-order chi connectivity index (χ1) is 9.18. The van der Waals surface area contributed by atoms with Crippen molar-refractivity contribution in [1.82, 2.24) is 4.98 Å². The van der Waals surface area contributed by atoms with Crippen molar-refractivity contribution in [3.63, 3.8) is 0 Å². The number of benzene rings is 1. The number of rotatable bonds is 1. The van der Waals surface area contributed by atoms with Crippen LogP contribution in [0.15, 0.2) is 23.0 Å². The van der Waals surface area contributed by atoms with Gasteiger partial charge in [-0.3, -0.25) is 4.79 Å². The molecule has 1 aliphatic heterocycles. The molecule has 98 valence electrons. The number of hydrogen-bond donors (Lipinski definition) is 0. The third kappa shape index (κ3) is 2.02. The van der Waals surface area contributed by atoms with Gasteiger partial charge in [0.2, 0.25) is 0 Å². The van der Waals surface area contributed by atoms with E-state index in [2.05, 4.69) is 4.98 Å². The third-order valence-electron chi connectivity index (χ3n) is 3.15. The van der Waals surface area contributed by atoms with Crippen LogP contribution in [-0.2, 0) is 6.42 Å². The molecule has 0 N–H and O–H groups in total. The molecule has 0 atom stereocenters. The first-order valence-corrected chi connectivity index (χ1v) is 6.79. The van der Waals surface area contributed by atoms with Crippen molar-refractivity contribution < 1.29 is 13.6 Å².